The number of aliphatic hydroxyl groups is 1. The van der Waals surface area contributed by atoms with E-state index in [1.807, 2.05) is 0 Å². The summed E-state index contributed by atoms with van der Waals surface area (Å²) in [4.78, 5) is 73.2. The second-order valence-corrected chi connectivity index (χ2v) is 35.7. The SMILES string of the molecule is CCCCCCCCCCCCCCCCCCCCCCCCC(=O)OC[C@H](COP(=O)(O)OC[C@@H](O)COP(=O)(O)OC[C@@H](COC(=O)CCCCCCCCC)OC(=O)CCCCCCCCCCCCCCCCCC(C)C)OC(=O)CCCCCCCCCCCCCCCCCCCCCCCC. The van der Waals surface area contributed by atoms with Crippen molar-refractivity contribution >= 4 is 39.5 Å². The van der Waals surface area contributed by atoms with E-state index >= 15 is 0 Å². The molecular formula is C90H176O17P2. The average molecular weight is 1590 g/mol. The minimum absolute atomic E-state index is 0.108. The van der Waals surface area contributed by atoms with Gasteiger partial charge in [0.1, 0.15) is 19.3 Å². The zero-order valence-electron chi connectivity index (χ0n) is 71.7. The Bertz CT molecular complexity index is 2070. The van der Waals surface area contributed by atoms with Gasteiger partial charge in [0.15, 0.2) is 12.2 Å². The number of ether oxygens (including phenoxy) is 4. The zero-order valence-corrected chi connectivity index (χ0v) is 73.5. The van der Waals surface area contributed by atoms with Crippen LogP contribution in [0.5, 0.6) is 0 Å². The van der Waals surface area contributed by atoms with Crippen LogP contribution in [0.4, 0.5) is 0 Å². The summed E-state index contributed by atoms with van der Waals surface area (Å²) in [7, 11) is -9.93. The Kier molecular flexibility index (Phi) is 81.1. The van der Waals surface area contributed by atoms with Crippen LogP contribution in [0.15, 0.2) is 0 Å². The molecule has 17 nitrogen and oxygen atoms in total. The number of aliphatic hydroxyl groups excluding tert-OH is 1. The van der Waals surface area contributed by atoms with Gasteiger partial charge in [0.25, 0.3) is 0 Å². The number of phosphoric acid groups is 2. The number of carbonyl (C=O) groups is 4. The first-order valence-electron chi connectivity index (χ1n) is 46.6. The topological polar surface area (TPSA) is 237 Å². The van der Waals surface area contributed by atoms with E-state index in [0.29, 0.717) is 25.7 Å². The summed E-state index contributed by atoms with van der Waals surface area (Å²) in [6.45, 7) is 7.36. The fourth-order valence-electron chi connectivity index (χ4n) is 14.2. The molecule has 0 saturated heterocycles. The second-order valence-electron chi connectivity index (χ2n) is 32.8. The van der Waals surface area contributed by atoms with Gasteiger partial charge in [-0.05, 0) is 31.6 Å². The van der Waals surface area contributed by atoms with Crippen LogP contribution in [0.1, 0.15) is 490 Å². The van der Waals surface area contributed by atoms with Gasteiger partial charge in [0, 0.05) is 25.7 Å². The molecule has 648 valence electrons. The minimum Gasteiger partial charge on any atom is -0.462 e. The number of carbonyl (C=O) groups excluding carboxylic acids is 4. The molecule has 19 heteroatoms. The van der Waals surface area contributed by atoms with E-state index in [1.165, 1.54) is 302 Å². The first kappa shape index (κ1) is 107. The highest BCUT2D eigenvalue weighted by Crippen LogP contribution is 2.45. The van der Waals surface area contributed by atoms with E-state index in [1.54, 1.807) is 0 Å². The van der Waals surface area contributed by atoms with Gasteiger partial charge in [-0.3, -0.25) is 37.3 Å². The van der Waals surface area contributed by atoms with E-state index in [4.69, 9.17) is 37.0 Å². The van der Waals surface area contributed by atoms with Crippen LogP contribution in [-0.2, 0) is 65.4 Å². The monoisotopic (exact) mass is 1590 g/mol. The van der Waals surface area contributed by atoms with Crippen molar-refractivity contribution in [1.82, 2.24) is 0 Å². The molecule has 0 saturated carbocycles. The van der Waals surface area contributed by atoms with Crippen molar-refractivity contribution in [3.8, 4) is 0 Å². The number of hydrogen-bond acceptors (Lipinski definition) is 15. The van der Waals surface area contributed by atoms with Crippen LogP contribution in [0, 0.1) is 5.92 Å². The molecule has 0 aromatic heterocycles. The van der Waals surface area contributed by atoms with E-state index in [9.17, 15) is 43.2 Å². The Morgan fingerprint density at radius 2 is 0.422 bits per heavy atom. The molecule has 0 rings (SSSR count). The lowest BCUT2D eigenvalue weighted by Crippen LogP contribution is -2.30. The number of esters is 4. The summed E-state index contributed by atoms with van der Waals surface area (Å²) >= 11 is 0. The maximum Gasteiger partial charge on any atom is 0.472 e. The largest absolute Gasteiger partial charge is 0.472 e. The molecule has 0 bridgehead atoms. The molecule has 0 aliphatic rings. The van der Waals surface area contributed by atoms with Crippen molar-refractivity contribution in [1.29, 1.82) is 0 Å². The Balaban J connectivity index is 5.14. The number of phosphoric ester groups is 2. The Labute approximate surface area is 670 Å². The van der Waals surface area contributed by atoms with Crippen molar-refractivity contribution in [2.45, 2.75) is 509 Å². The van der Waals surface area contributed by atoms with Crippen molar-refractivity contribution in [2.75, 3.05) is 39.6 Å². The van der Waals surface area contributed by atoms with Crippen LogP contribution in [-0.4, -0.2) is 96.7 Å². The lowest BCUT2D eigenvalue weighted by Gasteiger charge is -2.21. The van der Waals surface area contributed by atoms with E-state index < -0.39 is 97.5 Å². The summed E-state index contributed by atoms with van der Waals surface area (Å²) < 4.78 is 68.9. The first-order chi connectivity index (χ1) is 53.0. The highest BCUT2D eigenvalue weighted by Gasteiger charge is 2.31. The summed E-state index contributed by atoms with van der Waals surface area (Å²) in [6, 6.07) is 0. The van der Waals surface area contributed by atoms with Gasteiger partial charge in [-0.15, -0.1) is 0 Å². The third-order valence-corrected chi connectivity index (χ3v) is 23.2. The molecule has 0 aliphatic heterocycles. The quantitative estimate of drug-likeness (QED) is 0.0222. The van der Waals surface area contributed by atoms with Crippen molar-refractivity contribution in [3.05, 3.63) is 0 Å². The van der Waals surface area contributed by atoms with Crippen LogP contribution in [0.2, 0.25) is 0 Å². The van der Waals surface area contributed by atoms with Gasteiger partial charge in [0.05, 0.1) is 26.4 Å². The van der Waals surface area contributed by atoms with E-state index in [2.05, 4.69) is 34.6 Å². The fraction of sp³-hybridized carbons (Fsp3) is 0.956. The third kappa shape index (κ3) is 83.8. The molecule has 5 atom stereocenters. The Hall–Kier alpha value is -1.94. The van der Waals surface area contributed by atoms with Crippen LogP contribution in [0.3, 0.4) is 0 Å². The summed E-state index contributed by atoms with van der Waals surface area (Å²) in [5.74, 6) is -1.30. The zero-order chi connectivity index (χ0) is 79.7. The van der Waals surface area contributed by atoms with Gasteiger partial charge < -0.3 is 33.8 Å². The smallest absolute Gasteiger partial charge is 0.462 e. The van der Waals surface area contributed by atoms with Gasteiger partial charge in [-0.1, -0.05) is 439 Å². The molecule has 0 amide bonds. The summed E-state index contributed by atoms with van der Waals surface area (Å²) in [5, 5.41) is 10.7. The molecule has 0 aromatic rings. The van der Waals surface area contributed by atoms with Gasteiger partial charge in [-0.25, -0.2) is 9.13 Å². The standard InChI is InChI=1S/C90H176O17P2/c1-6-9-12-15-18-20-22-24-26-28-30-32-34-36-38-42-46-50-54-59-64-69-74-88(93)101-80-86(107-90(95)76-70-65-60-55-51-47-43-39-37-35-33-31-29-27-25-23-21-19-16-13-10-7-2)82-105-109(98,99)103-78-84(91)77-102-108(96,97)104-81-85(79-100-87(92)73-68-63-57-17-14-11-8-3)106-89(94)75-71-66-61-56-52-48-44-40-41-45-49-53-58-62-67-72-83(4)5/h83-86,91H,6-82H2,1-5H3,(H,96,97)(H,98,99)/t84-,85+,86+/m0/s1. The van der Waals surface area contributed by atoms with E-state index in [0.717, 1.165) is 109 Å². The molecule has 2 unspecified atom stereocenters. The predicted molar refractivity (Wildman–Crippen MR) is 451 cm³/mol. The molecule has 0 heterocycles. The molecule has 0 aliphatic carbocycles. The minimum atomic E-state index is -4.97. The van der Waals surface area contributed by atoms with Crippen molar-refractivity contribution in [2.24, 2.45) is 5.92 Å². The van der Waals surface area contributed by atoms with Crippen LogP contribution < -0.4 is 0 Å². The molecule has 0 aromatic carbocycles. The maximum atomic E-state index is 13.2. The fourth-order valence-corrected chi connectivity index (χ4v) is 15.8. The molecular weight excluding hydrogens is 1410 g/mol. The van der Waals surface area contributed by atoms with Gasteiger partial charge in [0.2, 0.25) is 0 Å². The number of rotatable bonds is 90. The van der Waals surface area contributed by atoms with Crippen LogP contribution >= 0.6 is 15.6 Å². The third-order valence-electron chi connectivity index (χ3n) is 21.3. The predicted octanol–water partition coefficient (Wildman–Crippen LogP) is 27.9. The summed E-state index contributed by atoms with van der Waals surface area (Å²) in [6.07, 6.45) is 78.3. The highest BCUT2D eigenvalue weighted by atomic mass is 31.2. The molecule has 0 fully saturated rings. The van der Waals surface area contributed by atoms with Gasteiger partial charge in [-0.2, -0.15) is 0 Å². The normalized spacial score (nSPS) is 13.7. The first-order valence-corrected chi connectivity index (χ1v) is 49.6. The number of unbranched alkanes of at least 4 members (excludes halogenated alkanes) is 62. The Morgan fingerprint density at radius 3 is 0.624 bits per heavy atom. The summed E-state index contributed by atoms with van der Waals surface area (Å²) in [5.41, 5.74) is 0. The second kappa shape index (κ2) is 82.6. The highest BCUT2D eigenvalue weighted by molar-refractivity contribution is 7.47. The lowest BCUT2D eigenvalue weighted by atomic mass is 10.0. The van der Waals surface area contributed by atoms with Crippen molar-refractivity contribution in [3.63, 3.8) is 0 Å². The van der Waals surface area contributed by atoms with Crippen LogP contribution in [0.25, 0.3) is 0 Å². The van der Waals surface area contributed by atoms with Crippen molar-refractivity contribution < 1.29 is 80.2 Å². The maximum absolute atomic E-state index is 13.2. The number of hydrogen-bond donors (Lipinski definition) is 3. The Morgan fingerprint density at radius 1 is 0.248 bits per heavy atom. The van der Waals surface area contributed by atoms with E-state index in [-0.39, 0.29) is 25.7 Å². The van der Waals surface area contributed by atoms with Gasteiger partial charge >= 0.3 is 39.5 Å². The molecule has 3 N–H and O–H groups in total. The average Bonchev–Trinajstić information content (AvgIpc) is 0.900. The lowest BCUT2D eigenvalue weighted by molar-refractivity contribution is -0.161. The molecule has 0 radical (unpaired) electrons. The molecule has 109 heavy (non-hydrogen) atoms. The molecule has 0 spiro atoms.